The highest BCUT2D eigenvalue weighted by molar-refractivity contribution is 5.53. The summed E-state index contributed by atoms with van der Waals surface area (Å²) < 4.78 is 4.02. The predicted molar refractivity (Wildman–Crippen MR) is 83.7 cm³/mol. The van der Waals surface area contributed by atoms with Crippen molar-refractivity contribution in [3.63, 3.8) is 0 Å². The number of hydrogen-bond acceptors (Lipinski definition) is 3. The first-order valence-corrected chi connectivity index (χ1v) is 6.97. The first kappa shape index (κ1) is 13.4. The van der Waals surface area contributed by atoms with Gasteiger partial charge in [-0.15, -0.1) is 0 Å². The maximum atomic E-state index is 4.47. The third-order valence-electron chi connectivity index (χ3n) is 3.73. The van der Waals surface area contributed by atoms with Crippen molar-refractivity contribution in [1.29, 1.82) is 0 Å². The Morgan fingerprint density at radius 1 is 1.14 bits per heavy atom. The van der Waals surface area contributed by atoms with Gasteiger partial charge in [0.1, 0.15) is 0 Å². The maximum absolute atomic E-state index is 4.47. The fourth-order valence-corrected chi connectivity index (χ4v) is 2.43. The van der Waals surface area contributed by atoms with Crippen LogP contribution in [-0.2, 0) is 13.6 Å². The Balaban J connectivity index is 1.86. The smallest absolute Gasteiger partial charge is 0.207 e. The van der Waals surface area contributed by atoms with Gasteiger partial charge >= 0.3 is 0 Å². The summed E-state index contributed by atoms with van der Waals surface area (Å²) in [5.41, 5.74) is 4.53. The second kappa shape index (κ2) is 5.44. The topological polar surface area (TPSA) is 47.7 Å². The molecule has 0 saturated heterocycles. The lowest BCUT2D eigenvalue weighted by molar-refractivity contribution is 0.727. The third-order valence-corrected chi connectivity index (χ3v) is 3.73. The first-order chi connectivity index (χ1) is 10.1. The number of para-hydroxylation sites is 1. The van der Waals surface area contributed by atoms with Crippen LogP contribution in [0.3, 0.4) is 0 Å². The number of aromatic nitrogens is 4. The Hall–Kier alpha value is -2.56. The van der Waals surface area contributed by atoms with E-state index in [1.165, 1.54) is 11.3 Å². The molecule has 0 bridgehead atoms. The quantitative estimate of drug-likeness (QED) is 0.799. The zero-order valence-corrected chi connectivity index (χ0v) is 12.5. The third kappa shape index (κ3) is 2.67. The van der Waals surface area contributed by atoms with Crippen LogP contribution in [0.2, 0.25) is 0 Å². The molecule has 0 unspecified atom stereocenters. The van der Waals surface area contributed by atoms with Gasteiger partial charge in [0.2, 0.25) is 5.95 Å². The number of aryl methyl sites for hydroxylation is 2. The molecule has 0 amide bonds. The molecule has 0 radical (unpaired) electrons. The minimum absolute atomic E-state index is 0.765. The molecule has 5 heteroatoms. The molecule has 0 aliphatic carbocycles. The Kier molecular flexibility index (Phi) is 3.48. The highest BCUT2D eigenvalue weighted by atomic mass is 15.3. The lowest BCUT2D eigenvalue weighted by atomic mass is 10.2. The van der Waals surface area contributed by atoms with Crippen LogP contribution in [0.5, 0.6) is 0 Å². The molecule has 0 saturated carbocycles. The minimum Gasteiger partial charge on any atom is -0.326 e. The van der Waals surface area contributed by atoms with Crippen molar-refractivity contribution < 1.29 is 0 Å². The molecule has 5 nitrogen and oxygen atoms in total. The molecule has 0 fully saturated rings. The van der Waals surface area contributed by atoms with Crippen molar-refractivity contribution in [2.24, 2.45) is 7.05 Å². The summed E-state index contributed by atoms with van der Waals surface area (Å²) in [6.45, 7) is 4.90. The molecular formula is C16H19N5. The van der Waals surface area contributed by atoms with Crippen LogP contribution >= 0.6 is 0 Å². The standard InChI is InChI=1S/C16H19N5/c1-12-15(13(2)20(3)19-12)11-21-10-9-17-16(21)18-14-7-5-4-6-8-14/h4-10H,11H2,1-3H3,(H,17,18). The van der Waals surface area contributed by atoms with E-state index in [0.717, 1.165) is 23.9 Å². The molecular weight excluding hydrogens is 262 g/mol. The second-order valence-corrected chi connectivity index (χ2v) is 5.14. The van der Waals surface area contributed by atoms with Crippen molar-refractivity contribution in [1.82, 2.24) is 19.3 Å². The summed E-state index contributed by atoms with van der Waals surface area (Å²) in [7, 11) is 1.98. The lowest BCUT2D eigenvalue weighted by Crippen LogP contribution is -2.06. The number of nitrogens with one attached hydrogen (secondary N) is 1. The Bertz CT molecular complexity index is 739. The molecule has 1 aromatic carbocycles. The summed E-state index contributed by atoms with van der Waals surface area (Å²) in [6.07, 6.45) is 3.80. The molecule has 3 rings (SSSR count). The van der Waals surface area contributed by atoms with E-state index in [1.807, 2.05) is 61.4 Å². The van der Waals surface area contributed by atoms with Gasteiger partial charge in [0.05, 0.1) is 12.2 Å². The van der Waals surface area contributed by atoms with Gasteiger partial charge in [-0.25, -0.2) is 4.98 Å². The molecule has 108 valence electrons. The molecule has 3 aromatic rings. The highest BCUT2D eigenvalue weighted by Gasteiger charge is 2.12. The van der Waals surface area contributed by atoms with Gasteiger partial charge in [-0.1, -0.05) is 18.2 Å². The average Bonchev–Trinajstić information content (AvgIpc) is 3.00. The average molecular weight is 281 g/mol. The van der Waals surface area contributed by atoms with E-state index < -0.39 is 0 Å². The molecule has 0 aliphatic rings. The SMILES string of the molecule is Cc1nn(C)c(C)c1Cn1ccnc1Nc1ccccc1. The lowest BCUT2D eigenvalue weighted by Gasteiger charge is -2.10. The van der Waals surface area contributed by atoms with Crippen LogP contribution in [0.1, 0.15) is 17.0 Å². The summed E-state index contributed by atoms with van der Waals surface area (Å²) in [5.74, 6) is 0.837. The van der Waals surface area contributed by atoms with Gasteiger partial charge in [-0.05, 0) is 26.0 Å². The summed E-state index contributed by atoms with van der Waals surface area (Å²) in [6, 6.07) is 10.1. The predicted octanol–water partition coefficient (Wildman–Crippen LogP) is 3.03. The van der Waals surface area contributed by atoms with Crippen molar-refractivity contribution in [2.45, 2.75) is 20.4 Å². The minimum atomic E-state index is 0.765. The van der Waals surface area contributed by atoms with Crippen molar-refractivity contribution in [3.8, 4) is 0 Å². The van der Waals surface area contributed by atoms with Gasteiger partial charge in [-0.2, -0.15) is 5.10 Å². The van der Waals surface area contributed by atoms with E-state index in [2.05, 4.69) is 26.9 Å². The van der Waals surface area contributed by atoms with E-state index in [-0.39, 0.29) is 0 Å². The summed E-state index contributed by atoms with van der Waals surface area (Å²) in [5, 5.41) is 7.81. The fraction of sp³-hybridized carbons (Fsp3) is 0.250. The number of benzene rings is 1. The van der Waals surface area contributed by atoms with Crippen molar-refractivity contribution in [3.05, 3.63) is 59.7 Å². The largest absolute Gasteiger partial charge is 0.326 e. The van der Waals surface area contributed by atoms with E-state index in [4.69, 9.17) is 0 Å². The fourth-order valence-electron chi connectivity index (χ4n) is 2.43. The van der Waals surface area contributed by atoms with Crippen molar-refractivity contribution >= 4 is 11.6 Å². The van der Waals surface area contributed by atoms with E-state index in [1.54, 1.807) is 0 Å². The molecule has 2 heterocycles. The molecule has 2 aromatic heterocycles. The van der Waals surface area contributed by atoms with Gasteiger partial charge in [0.15, 0.2) is 0 Å². The van der Waals surface area contributed by atoms with Crippen molar-refractivity contribution in [2.75, 3.05) is 5.32 Å². The monoisotopic (exact) mass is 281 g/mol. The van der Waals surface area contributed by atoms with E-state index in [9.17, 15) is 0 Å². The van der Waals surface area contributed by atoms with E-state index >= 15 is 0 Å². The van der Waals surface area contributed by atoms with Gasteiger partial charge in [-0.3, -0.25) is 4.68 Å². The Labute approximate surface area is 124 Å². The Morgan fingerprint density at radius 2 is 1.90 bits per heavy atom. The van der Waals surface area contributed by atoms with E-state index in [0.29, 0.717) is 0 Å². The molecule has 21 heavy (non-hydrogen) atoms. The summed E-state index contributed by atoms with van der Waals surface area (Å²) >= 11 is 0. The van der Waals surface area contributed by atoms with Crippen LogP contribution in [0.4, 0.5) is 11.6 Å². The van der Waals surface area contributed by atoms with Crippen LogP contribution in [0, 0.1) is 13.8 Å². The maximum Gasteiger partial charge on any atom is 0.207 e. The van der Waals surface area contributed by atoms with Gasteiger partial charge in [0, 0.05) is 36.4 Å². The normalized spacial score (nSPS) is 10.8. The number of hydrogen-bond donors (Lipinski definition) is 1. The number of anilines is 2. The molecule has 0 spiro atoms. The van der Waals surface area contributed by atoms with Crippen LogP contribution in [0.15, 0.2) is 42.7 Å². The molecule has 0 aliphatic heterocycles. The molecule has 0 atom stereocenters. The first-order valence-electron chi connectivity index (χ1n) is 6.97. The van der Waals surface area contributed by atoms with Crippen LogP contribution < -0.4 is 5.32 Å². The van der Waals surface area contributed by atoms with Crippen LogP contribution in [0.25, 0.3) is 0 Å². The van der Waals surface area contributed by atoms with Crippen LogP contribution in [-0.4, -0.2) is 19.3 Å². The van der Waals surface area contributed by atoms with Gasteiger partial charge in [0.25, 0.3) is 0 Å². The number of nitrogens with zero attached hydrogens (tertiary/aromatic N) is 4. The Morgan fingerprint density at radius 3 is 2.57 bits per heavy atom. The zero-order valence-electron chi connectivity index (χ0n) is 12.5. The van der Waals surface area contributed by atoms with Gasteiger partial charge < -0.3 is 9.88 Å². The highest BCUT2D eigenvalue weighted by Crippen LogP contribution is 2.18. The number of rotatable bonds is 4. The number of imidazole rings is 1. The summed E-state index contributed by atoms with van der Waals surface area (Å²) in [4.78, 5) is 4.40. The zero-order chi connectivity index (χ0) is 14.8. The molecule has 1 N–H and O–H groups in total. The second-order valence-electron chi connectivity index (χ2n) is 5.14.